The first-order chi connectivity index (χ1) is 35.0. The van der Waals surface area contributed by atoms with Crippen LogP contribution in [0.4, 0.5) is 13.2 Å². The Labute approximate surface area is 449 Å². The van der Waals surface area contributed by atoms with Crippen LogP contribution in [0.25, 0.3) is 0 Å². The van der Waals surface area contributed by atoms with Crippen LogP contribution in [0.2, 0.25) is 0 Å². The predicted molar refractivity (Wildman–Crippen MR) is 276 cm³/mol. The monoisotopic (exact) mass is 1100 g/mol. The van der Waals surface area contributed by atoms with Gasteiger partial charge in [-0.3, -0.25) is 52.7 Å². The van der Waals surface area contributed by atoms with Gasteiger partial charge in [-0.2, -0.15) is 13.2 Å². The van der Waals surface area contributed by atoms with Gasteiger partial charge in [0, 0.05) is 26.3 Å². The summed E-state index contributed by atoms with van der Waals surface area (Å²) in [5.41, 5.74) is -2.83. The third kappa shape index (κ3) is 27.8. The van der Waals surface area contributed by atoms with Crippen molar-refractivity contribution in [2.45, 2.75) is 214 Å². The number of ketones is 1. The standard InChI is InChI=1S/C53H82F3N7O14/c1-29(2)25-33(44(70)62-36(28-53(54,55)56)41(68)47(73)57-16)61-48(74)42(49(4,5)6)63-46(72)34(26-31-20-18-17-19-30(31)3)60-43(69)32(21-23-38(65)75-50(7,8)9)59-45(71)35(27-40(67)77-52(13,14)15)58-37(64)22-24-39(66)76-51(10,11)12/h17-20,29,32-36,42H,21-28H2,1-16H3,(H,57,73)(H,58,64)(H,59,71)(H,60,69)(H,61,74)(H,62,70)(H,63,72)/t32-,33-,34-,35-,36?,42+/m0/s1. The predicted octanol–water partition coefficient (Wildman–Crippen LogP) is 3.78. The molecule has 0 aliphatic carbocycles. The molecule has 1 unspecified atom stereocenters. The molecular formula is C53H82F3N7O14. The van der Waals surface area contributed by atoms with Crippen LogP contribution in [-0.4, -0.2) is 131 Å². The number of Topliss-reactive ketones (excluding diaryl/α,β-unsaturated/α-hetero) is 1. The quantitative estimate of drug-likeness (QED) is 0.0395. The van der Waals surface area contributed by atoms with Gasteiger partial charge in [-0.05, 0) is 105 Å². The summed E-state index contributed by atoms with van der Waals surface area (Å²) in [5, 5.41) is 16.5. The number of aryl methyl sites for hydroxylation is 1. The zero-order valence-electron chi connectivity index (χ0n) is 47.4. The fourth-order valence-corrected chi connectivity index (χ4v) is 7.24. The van der Waals surface area contributed by atoms with Gasteiger partial charge in [-0.15, -0.1) is 0 Å². The van der Waals surface area contributed by atoms with Gasteiger partial charge in [0.25, 0.3) is 5.91 Å². The molecule has 1 rings (SSSR count). The third-order valence-electron chi connectivity index (χ3n) is 10.7. The highest BCUT2D eigenvalue weighted by Crippen LogP contribution is 2.24. The van der Waals surface area contributed by atoms with Gasteiger partial charge in [-0.25, -0.2) is 0 Å². The molecule has 0 spiro atoms. The number of halogens is 3. The molecule has 0 aliphatic heterocycles. The maximum Gasteiger partial charge on any atom is 0.391 e. The summed E-state index contributed by atoms with van der Waals surface area (Å²) in [6, 6.07) is -3.65. The van der Waals surface area contributed by atoms with E-state index in [2.05, 4.69) is 26.6 Å². The molecule has 21 nitrogen and oxygen atoms in total. The number of nitrogens with one attached hydrogen (secondary N) is 7. The van der Waals surface area contributed by atoms with Gasteiger partial charge in [0.2, 0.25) is 41.2 Å². The summed E-state index contributed by atoms with van der Waals surface area (Å²) in [4.78, 5) is 148. The average Bonchev–Trinajstić information content (AvgIpc) is 3.24. The lowest BCUT2D eigenvalue weighted by Crippen LogP contribution is -2.62. The summed E-state index contributed by atoms with van der Waals surface area (Å²) in [6.45, 7) is 24.1. The lowest BCUT2D eigenvalue weighted by atomic mass is 9.85. The lowest BCUT2D eigenvalue weighted by molar-refractivity contribution is -0.158. The van der Waals surface area contributed by atoms with Crippen LogP contribution >= 0.6 is 0 Å². The number of hydrogen-bond acceptors (Lipinski definition) is 14. The fraction of sp³-hybridized carbons (Fsp3) is 0.679. The van der Waals surface area contributed by atoms with Crippen LogP contribution < -0.4 is 37.2 Å². The number of carbonyl (C=O) groups excluding carboxylic acids is 11. The van der Waals surface area contributed by atoms with Crippen molar-refractivity contribution in [2.75, 3.05) is 7.05 Å². The van der Waals surface area contributed by atoms with Crippen LogP contribution in [0.1, 0.15) is 153 Å². The van der Waals surface area contributed by atoms with Crippen LogP contribution in [0.3, 0.4) is 0 Å². The first-order valence-electron chi connectivity index (χ1n) is 25.3. The zero-order valence-corrected chi connectivity index (χ0v) is 47.4. The van der Waals surface area contributed by atoms with E-state index in [-0.39, 0.29) is 18.8 Å². The SMILES string of the molecule is CNC(=O)C(=O)C(CC(F)(F)F)NC(=O)[C@H](CC(C)C)NC(=O)[C@@H](NC(=O)[C@H](Cc1ccccc1C)NC(=O)[C@H](CCC(=O)OC(C)(C)C)NC(=O)[C@H](CC(=O)OC(C)(C)C)NC(=O)CCC(=O)OC(C)(C)C)C(C)(C)C. The smallest absolute Gasteiger partial charge is 0.391 e. The Morgan fingerprint density at radius 1 is 0.532 bits per heavy atom. The largest absolute Gasteiger partial charge is 0.460 e. The summed E-state index contributed by atoms with van der Waals surface area (Å²) in [6.07, 6.45) is -9.84. The van der Waals surface area contributed by atoms with Gasteiger partial charge in [-0.1, -0.05) is 58.9 Å². The molecule has 0 saturated carbocycles. The molecule has 1 aromatic rings. The van der Waals surface area contributed by atoms with Crippen molar-refractivity contribution in [3.05, 3.63) is 35.4 Å². The van der Waals surface area contributed by atoms with E-state index in [1.54, 1.807) is 128 Å². The summed E-state index contributed by atoms with van der Waals surface area (Å²) >= 11 is 0. The molecule has 6 atom stereocenters. The molecule has 0 fully saturated rings. The topological polar surface area (TPSA) is 300 Å². The van der Waals surface area contributed by atoms with Gasteiger partial charge < -0.3 is 51.4 Å². The second kappa shape index (κ2) is 29.2. The maximum atomic E-state index is 14.7. The molecule has 1 aromatic carbocycles. The molecule has 434 valence electrons. The minimum absolute atomic E-state index is 0.175. The number of hydrogen-bond donors (Lipinski definition) is 7. The molecular weight excluding hydrogens is 1020 g/mol. The van der Waals surface area contributed by atoms with Crippen LogP contribution in [0.15, 0.2) is 24.3 Å². The van der Waals surface area contributed by atoms with Crippen molar-refractivity contribution >= 4 is 65.0 Å². The van der Waals surface area contributed by atoms with E-state index in [4.69, 9.17) is 14.2 Å². The van der Waals surface area contributed by atoms with Crippen molar-refractivity contribution in [3.63, 3.8) is 0 Å². The Morgan fingerprint density at radius 2 is 0.987 bits per heavy atom. The van der Waals surface area contributed by atoms with Crippen molar-refractivity contribution in [1.29, 1.82) is 0 Å². The lowest BCUT2D eigenvalue weighted by Gasteiger charge is -2.34. The first-order valence-corrected chi connectivity index (χ1v) is 25.3. The Hall–Kier alpha value is -6.62. The van der Waals surface area contributed by atoms with Gasteiger partial charge >= 0.3 is 24.1 Å². The van der Waals surface area contributed by atoms with Gasteiger partial charge in [0.15, 0.2) is 0 Å². The van der Waals surface area contributed by atoms with Crippen LogP contribution in [0, 0.1) is 18.3 Å². The summed E-state index contributed by atoms with van der Waals surface area (Å²) in [5.74, 6) is -12.0. The first kappa shape index (κ1) is 68.4. The highest BCUT2D eigenvalue weighted by Gasteiger charge is 2.42. The highest BCUT2D eigenvalue weighted by atomic mass is 19.4. The molecule has 0 heterocycles. The zero-order chi connectivity index (χ0) is 59.6. The molecule has 7 amide bonds. The number of carbonyl (C=O) groups is 11. The molecule has 0 radical (unpaired) electrons. The van der Waals surface area contributed by atoms with Gasteiger partial charge in [0.1, 0.15) is 53.1 Å². The fourth-order valence-electron chi connectivity index (χ4n) is 7.24. The number of ether oxygens (including phenoxy) is 3. The minimum atomic E-state index is -5.00. The molecule has 0 saturated heterocycles. The average molecular weight is 1100 g/mol. The van der Waals surface area contributed by atoms with E-state index in [0.29, 0.717) is 11.1 Å². The van der Waals surface area contributed by atoms with E-state index in [1.807, 2.05) is 10.6 Å². The molecule has 0 aliphatic rings. The molecule has 0 aromatic heterocycles. The third-order valence-corrected chi connectivity index (χ3v) is 10.7. The summed E-state index contributed by atoms with van der Waals surface area (Å²) < 4.78 is 56.9. The second-order valence-electron chi connectivity index (χ2n) is 23.2. The summed E-state index contributed by atoms with van der Waals surface area (Å²) in [7, 11) is 1.02. The van der Waals surface area contributed by atoms with E-state index in [9.17, 15) is 65.9 Å². The van der Waals surface area contributed by atoms with Crippen LogP contribution in [0.5, 0.6) is 0 Å². The highest BCUT2D eigenvalue weighted by molar-refractivity contribution is 6.38. The number of rotatable bonds is 26. The number of amides is 7. The number of alkyl halides is 3. The molecule has 7 N–H and O–H groups in total. The Balaban J connectivity index is 3.83. The minimum Gasteiger partial charge on any atom is -0.460 e. The van der Waals surface area contributed by atoms with E-state index < -0.39 is 168 Å². The van der Waals surface area contributed by atoms with Crippen molar-refractivity contribution in [3.8, 4) is 0 Å². The second-order valence-corrected chi connectivity index (χ2v) is 23.2. The Kier molecular flexibility index (Phi) is 25.9. The molecule has 0 bridgehead atoms. The normalized spacial score (nSPS) is 14.4. The van der Waals surface area contributed by atoms with Crippen molar-refractivity contribution in [1.82, 2.24) is 37.2 Å². The van der Waals surface area contributed by atoms with E-state index in [1.165, 1.54) is 0 Å². The van der Waals surface area contributed by atoms with E-state index >= 15 is 0 Å². The van der Waals surface area contributed by atoms with E-state index in [0.717, 1.165) is 7.05 Å². The van der Waals surface area contributed by atoms with Crippen molar-refractivity contribution < 1.29 is 80.1 Å². The number of benzene rings is 1. The van der Waals surface area contributed by atoms with Gasteiger partial charge in [0.05, 0.1) is 19.3 Å². The Morgan fingerprint density at radius 3 is 1.48 bits per heavy atom. The Bertz CT molecular complexity index is 2280. The maximum absolute atomic E-state index is 14.7. The number of likely N-dealkylation sites (N-methyl/N-ethyl adjacent to an activating group) is 1. The number of esters is 3. The molecule has 77 heavy (non-hydrogen) atoms. The molecule has 24 heteroatoms. The van der Waals surface area contributed by atoms with Crippen molar-refractivity contribution in [2.24, 2.45) is 11.3 Å². The van der Waals surface area contributed by atoms with Crippen LogP contribution in [-0.2, 0) is 73.4 Å².